The second kappa shape index (κ2) is 6.42. The minimum absolute atomic E-state index is 0. The Morgan fingerprint density at radius 1 is 1.56 bits per heavy atom. The number of amides is 1. The van der Waals surface area contributed by atoms with Crippen LogP contribution < -0.4 is 10.6 Å². The zero-order chi connectivity index (χ0) is 10.7. The van der Waals surface area contributed by atoms with E-state index in [0.717, 1.165) is 19.5 Å². The van der Waals surface area contributed by atoms with E-state index in [9.17, 15) is 4.79 Å². The first kappa shape index (κ1) is 13.7. The Kier molecular flexibility index (Phi) is 5.52. The SMILES string of the molecule is CCOC1CC1C(=O)NCC1CCCN1.Cl. The standard InChI is InChI=1S/C11H20N2O2.ClH/c1-2-15-10-6-9(10)11(14)13-7-8-4-3-5-12-8;/h8-10,12H,2-7H2,1H3,(H,13,14);1H. The largest absolute Gasteiger partial charge is 0.378 e. The normalized spacial score (nSPS) is 31.9. The van der Waals surface area contributed by atoms with E-state index in [1.807, 2.05) is 6.92 Å². The van der Waals surface area contributed by atoms with Gasteiger partial charge in [-0.2, -0.15) is 0 Å². The smallest absolute Gasteiger partial charge is 0.225 e. The van der Waals surface area contributed by atoms with Crippen LogP contribution in [0.2, 0.25) is 0 Å². The van der Waals surface area contributed by atoms with Gasteiger partial charge in [-0.1, -0.05) is 0 Å². The first-order chi connectivity index (χ1) is 7.31. The van der Waals surface area contributed by atoms with Crippen LogP contribution in [0.4, 0.5) is 0 Å². The van der Waals surface area contributed by atoms with Crippen molar-refractivity contribution in [2.45, 2.75) is 38.3 Å². The first-order valence-corrected chi connectivity index (χ1v) is 5.94. The molecular formula is C11H21ClN2O2. The van der Waals surface area contributed by atoms with Gasteiger partial charge in [-0.25, -0.2) is 0 Å². The van der Waals surface area contributed by atoms with E-state index in [2.05, 4.69) is 10.6 Å². The van der Waals surface area contributed by atoms with Crippen molar-refractivity contribution in [3.8, 4) is 0 Å². The van der Waals surface area contributed by atoms with Gasteiger partial charge in [0.1, 0.15) is 0 Å². The van der Waals surface area contributed by atoms with Crippen LogP contribution in [0.3, 0.4) is 0 Å². The third-order valence-corrected chi connectivity index (χ3v) is 3.13. The fourth-order valence-corrected chi connectivity index (χ4v) is 2.13. The fourth-order valence-electron chi connectivity index (χ4n) is 2.13. The van der Waals surface area contributed by atoms with Crippen LogP contribution in [0.25, 0.3) is 0 Å². The average Bonchev–Trinajstić information content (AvgIpc) is 2.80. The molecule has 1 aliphatic heterocycles. The molecular weight excluding hydrogens is 228 g/mol. The first-order valence-electron chi connectivity index (χ1n) is 5.94. The molecule has 16 heavy (non-hydrogen) atoms. The molecule has 2 rings (SSSR count). The van der Waals surface area contributed by atoms with Crippen LogP contribution in [0.1, 0.15) is 26.2 Å². The summed E-state index contributed by atoms with van der Waals surface area (Å²) in [5.74, 6) is 0.286. The number of ether oxygens (including phenoxy) is 1. The molecule has 0 aromatic carbocycles. The summed E-state index contributed by atoms with van der Waals surface area (Å²) in [7, 11) is 0. The number of nitrogens with one attached hydrogen (secondary N) is 2. The predicted octanol–water partition coefficient (Wildman–Crippen LogP) is 0.701. The molecule has 5 heteroatoms. The van der Waals surface area contributed by atoms with Gasteiger partial charge in [-0.15, -0.1) is 12.4 Å². The van der Waals surface area contributed by atoms with E-state index in [1.54, 1.807) is 0 Å². The summed E-state index contributed by atoms with van der Waals surface area (Å²) in [5, 5.41) is 6.36. The Labute approximate surface area is 103 Å². The summed E-state index contributed by atoms with van der Waals surface area (Å²) in [6.07, 6.45) is 3.50. The van der Waals surface area contributed by atoms with Gasteiger partial charge >= 0.3 is 0 Å². The summed E-state index contributed by atoms with van der Waals surface area (Å²) < 4.78 is 5.38. The van der Waals surface area contributed by atoms with Crippen LogP contribution in [0, 0.1) is 5.92 Å². The number of rotatable bonds is 5. The van der Waals surface area contributed by atoms with Crippen molar-refractivity contribution in [3.63, 3.8) is 0 Å². The van der Waals surface area contributed by atoms with E-state index in [-0.39, 0.29) is 30.3 Å². The molecule has 3 unspecified atom stereocenters. The van der Waals surface area contributed by atoms with Gasteiger partial charge in [0, 0.05) is 19.2 Å². The molecule has 1 saturated carbocycles. The Morgan fingerprint density at radius 3 is 3.00 bits per heavy atom. The Balaban J connectivity index is 0.00000128. The molecule has 1 amide bonds. The van der Waals surface area contributed by atoms with Crippen molar-refractivity contribution in [1.29, 1.82) is 0 Å². The maximum Gasteiger partial charge on any atom is 0.225 e. The third kappa shape index (κ3) is 3.61. The van der Waals surface area contributed by atoms with Crippen LogP contribution in [-0.4, -0.2) is 37.7 Å². The highest BCUT2D eigenvalue weighted by molar-refractivity contribution is 5.85. The van der Waals surface area contributed by atoms with E-state index in [0.29, 0.717) is 12.6 Å². The number of hydrogen-bond donors (Lipinski definition) is 2. The van der Waals surface area contributed by atoms with E-state index in [4.69, 9.17) is 4.74 Å². The van der Waals surface area contributed by atoms with Crippen molar-refractivity contribution >= 4 is 18.3 Å². The van der Waals surface area contributed by atoms with Gasteiger partial charge < -0.3 is 15.4 Å². The quantitative estimate of drug-likeness (QED) is 0.753. The van der Waals surface area contributed by atoms with Crippen LogP contribution in [0.15, 0.2) is 0 Å². The number of hydrogen-bond acceptors (Lipinski definition) is 3. The molecule has 0 bridgehead atoms. The van der Waals surface area contributed by atoms with Crippen LogP contribution in [-0.2, 0) is 9.53 Å². The predicted molar refractivity (Wildman–Crippen MR) is 64.8 cm³/mol. The van der Waals surface area contributed by atoms with Gasteiger partial charge in [0.25, 0.3) is 0 Å². The Morgan fingerprint density at radius 2 is 2.38 bits per heavy atom. The summed E-state index contributed by atoms with van der Waals surface area (Å²) in [6.45, 7) is 4.54. The maximum atomic E-state index is 11.6. The van der Waals surface area contributed by atoms with Gasteiger partial charge in [0.05, 0.1) is 12.0 Å². The number of carbonyl (C=O) groups is 1. The van der Waals surface area contributed by atoms with E-state index >= 15 is 0 Å². The zero-order valence-corrected chi connectivity index (χ0v) is 10.5. The molecule has 4 nitrogen and oxygen atoms in total. The van der Waals surface area contributed by atoms with E-state index < -0.39 is 0 Å². The molecule has 2 aliphatic rings. The average molecular weight is 249 g/mol. The Bertz CT molecular complexity index is 232. The molecule has 3 atom stereocenters. The van der Waals surface area contributed by atoms with Crippen LogP contribution >= 0.6 is 12.4 Å². The van der Waals surface area contributed by atoms with Gasteiger partial charge in [0.15, 0.2) is 0 Å². The molecule has 1 saturated heterocycles. The summed E-state index contributed by atoms with van der Waals surface area (Å²) in [4.78, 5) is 11.6. The van der Waals surface area contributed by atoms with Crippen LogP contribution in [0.5, 0.6) is 0 Å². The highest BCUT2D eigenvalue weighted by Gasteiger charge is 2.43. The zero-order valence-electron chi connectivity index (χ0n) is 9.70. The van der Waals surface area contributed by atoms with Crippen molar-refractivity contribution < 1.29 is 9.53 Å². The lowest BCUT2D eigenvalue weighted by atomic mass is 10.2. The van der Waals surface area contributed by atoms with Crippen molar-refractivity contribution in [2.24, 2.45) is 5.92 Å². The van der Waals surface area contributed by atoms with Crippen molar-refractivity contribution in [2.75, 3.05) is 19.7 Å². The summed E-state index contributed by atoms with van der Waals surface area (Å²) in [5.41, 5.74) is 0. The minimum Gasteiger partial charge on any atom is -0.378 e. The minimum atomic E-state index is 0. The molecule has 0 spiro atoms. The summed E-state index contributed by atoms with van der Waals surface area (Å²) >= 11 is 0. The molecule has 0 aromatic heterocycles. The number of carbonyl (C=O) groups excluding carboxylic acids is 1. The molecule has 0 radical (unpaired) electrons. The van der Waals surface area contributed by atoms with E-state index in [1.165, 1.54) is 12.8 Å². The monoisotopic (exact) mass is 248 g/mol. The fraction of sp³-hybridized carbons (Fsp3) is 0.909. The molecule has 94 valence electrons. The maximum absolute atomic E-state index is 11.6. The molecule has 1 aliphatic carbocycles. The second-order valence-electron chi connectivity index (χ2n) is 4.37. The lowest BCUT2D eigenvalue weighted by molar-refractivity contribution is -0.123. The van der Waals surface area contributed by atoms with Gasteiger partial charge in [-0.05, 0) is 32.7 Å². The third-order valence-electron chi connectivity index (χ3n) is 3.13. The lowest BCUT2D eigenvalue weighted by Gasteiger charge is -2.11. The van der Waals surface area contributed by atoms with Crippen molar-refractivity contribution in [3.05, 3.63) is 0 Å². The Hall–Kier alpha value is -0.320. The highest BCUT2D eigenvalue weighted by atomic mass is 35.5. The highest BCUT2D eigenvalue weighted by Crippen LogP contribution is 2.33. The molecule has 2 fully saturated rings. The number of halogens is 1. The topological polar surface area (TPSA) is 50.4 Å². The van der Waals surface area contributed by atoms with Gasteiger partial charge in [-0.3, -0.25) is 4.79 Å². The van der Waals surface area contributed by atoms with Crippen molar-refractivity contribution in [1.82, 2.24) is 10.6 Å². The molecule has 2 N–H and O–H groups in total. The molecule has 1 heterocycles. The summed E-state index contributed by atoms with van der Waals surface area (Å²) in [6, 6.07) is 0.484. The van der Waals surface area contributed by atoms with Gasteiger partial charge in [0.2, 0.25) is 5.91 Å². The lowest BCUT2D eigenvalue weighted by Crippen LogP contribution is -2.38. The molecule has 0 aromatic rings. The second-order valence-corrected chi connectivity index (χ2v) is 4.37.